The molecule has 1 heterocycles. The minimum Gasteiger partial charge on any atom is -0.506 e. The highest BCUT2D eigenvalue weighted by Gasteiger charge is 2.00. The van der Waals surface area contributed by atoms with E-state index in [1.54, 1.807) is 31.2 Å². The highest BCUT2D eigenvalue weighted by atomic mass is 35.5. The lowest BCUT2D eigenvalue weighted by molar-refractivity contribution is 0.130. The van der Waals surface area contributed by atoms with Crippen molar-refractivity contribution in [2.75, 3.05) is 0 Å². The molecule has 0 aliphatic rings. The first-order valence-corrected chi connectivity index (χ1v) is 6.09. The summed E-state index contributed by atoms with van der Waals surface area (Å²) >= 11 is 5.79. The highest BCUT2D eigenvalue weighted by Crippen LogP contribution is 2.11. The molecule has 98 valence electrons. The van der Waals surface area contributed by atoms with E-state index in [4.69, 9.17) is 21.5 Å². The van der Waals surface area contributed by atoms with Gasteiger partial charge in [-0.25, -0.2) is 0 Å². The molecule has 0 aliphatic heterocycles. The van der Waals surface area contributed by atoms with Gasteiger partial charge in [-0.1, -0.05) is 28.9 Å². The fraction of sp³-hybridized carbons (Fsp3) is 0.143. The second-order valence-electron chi connectivity index (χ2n) is 3.98. The van der Waals surface area contributed by atoms with E-state index in [1.807, 2.05) is 12.1 Å². The van der Waals surface area contributed by atoms with Crippen LogP contribution in [0.4, 0.5) is 0 Å². The number of halogens is 1. The van der Waals surface area contributed by atoms with E-state index < -0.39 is 0 Å². The Morgan fingerprint density at radius 2 is 2.00 bits per heavy atom. The molecular weight excluding hydrogens is 264 g/mol. The lowest BCUT2D eigenvalue weighted by atomic mass is 10.2. The largest absolute Gasteiger partial charge is 0.506 e. The maximum absolute atomic E-state index is 9.14. The van der Waals surface area contributed by atoms with E-state index >= 15 is 0 Å². The second kappa shape index (κ2) is 6.20. The zero-order valence-corrected chi connectivity index (χ0v) is 11.1. The Labute approximate surface area is 116 Å². The van der Waals surface area contributed by atoms with Gasteiger partial charge in [-0.3, -0.25) is 4.98 Å². The number of hydrogen-bond acceptors (Lipinski definition) is 4. The number of benzene rings is 1. The van der Waals surface area contributed by atoms with Gasteiger partial charge in [0.25, 0.3) is 0 Å². The number of rotatable bonds is 4. The molecule has 19 heavy (non-hydrogen) atoms. The molecule has 0 atom stereocenters. The van der Waals surface area contributed by atoms with Gasteiger partial charge >= 0.3 is 0 Å². The van der Waals surface area contributed by atoms with Gasteiger partial charge in [0, 0.05) is 5.02 Å². The standard InChI is InChI=1S/C14H13ClN2O2/c1-10(14-7-6-13(18)8-16-14)17-19-9-11-2-4-12(15)5-3-11/h2-8,18H,9H2,1H3. The summed E-state index contributed by atoms with van der Waals surface area (Å²) in [5.74, 6) is 0.124. The molecule has 1 aromatic carbocycles. The molecular formula is C14H13ClN2O2. The fourth-order valence-electron chi connectivity index (χ4n) is 1.43. The van der Waals surface area contributed by atoms with Crippen molar-refractivity contribution in [2.24, 2.45) is 5.16 Å². The number of pyridine rings is 1. The molecule has 0 fully saturated rings. The molecule has 0 bridgehead atoms. The minimum absolute atomic E-state index is 0.124. The number of oxime groups is 1. The van der Waals surface area contributed by atoms with Crippen molar-refractivity contribution < 1.29 is 9.94 Å². The number of aromatic hydroxyl groups is 1. The van der Waals surface area contributed by atoms with Crippen LogP contribution in [-0.4, -0.2) is 15.8 Å². The second-order valence-corrected chi connectivity index (χ2v) is 4.41. The van der Waals surface area contributed by atoms with Crippen LogP contribution in [0, 0.1) is 0 Å². The number of nitrogens with zero attached hydrogens (tertiary/aromatic N) is 2. The average Bonchev–Trinajstić information content (AvgIpc) is 2.41. The molecule has 4 nitrogen and oxygen atoms in total. The number of aromatic nitrogens is 1. The third-order valence-corrected chi connectivity index (χ3v) is 2.72. The Hall–Kier alpha value is -2.07. The van der Waals surface area contributed by atoms with E-state index in [0.717, 1.165) is 5.56 Å². The summed E-state index contributed by atoms with van der Waals surface area (Å²) in [4.78, 5) is 9.29. The van der Waals surface area contributed by atoms with Gasteiger partial charge in [0.15, 0.2) is 0 Å². The first-order chi connectivity index (χ1) is 9.15. The van der Waals surface area contributed by atoms with E-state index in [2.05, 4.69) is 10.1 Å². The SMILES string of the molecule is CC(=NOCc1ccc(Cl)cc1)c1ccc(O)cn1. The summed E-state index contributed by atoms with van der Waals surface area (Å²) in [6, 6.07) is 10.6. The molecule has 0 spiro atoms. The molecule has 0 unspecified atom stereocenters. The summed E-state index contributed by atoms with van der Waals surface area (Å²) in [6.07, 6.45) is 1.37. The van der Waals surface area contributed by atoms with Crippen molar-refractivity contribution in [3.8, 4) is 5.75 Å². The predicted molar refractivity (Wildman–Crippen MR) is 74.4 cm³/mol. The Morgan fingerprint density at radius 1 is 1.26 bits per heavy atom. The molecule has 0 saturated heterocycles. The number of hydrogen-bond donors (Lipinski definition) is 1. The predicted octanol–water partition coefficient (Wildman–Crippen LogP) is 3.38. The van der Waals surface area contributed by atoms with Crippen molar-refractivity contribution in [1.29, 1.82) is 0 Å². The normalized spacial score (nSPS) is 11.4. The van der Waals surface area contributed by atoms with Crippen molar-refractivity contribution >= 4 is 17.3 Å². The molecule has 2 rings (SSSR count). The van der Waals surface area contributed by atoms with E-state index in [9.17, 15) is 0 Å². The van der Waals surface area contributed by atoms with Crippen LogP contribution >= 0.6 is 11.6 Å². The smallest absolute Gasteiger partial charge is 0.142 e. The van der Waals surface area contributed by atoms with Gasteiger partial charge in [0.1, 0.15) is 18.1 Å². The van der Waals surface area contributed by atoms with Crippen LogP contribution in [0.5, 0.6) is 5.75 Å². The van der Waals surface area contributed by atoms with Gasteiger partial charge in [-0.05, 0) is 36.8 Å². The molecule has 2 aromatic rings. The lowest BCUT2D eigenvalue weighted by Crippen LogP contribution is -1.99. The maximum Gasteiger partial charge on any atom is 0.142 e. The quantitative estimate of drug-likeness (QED) is 0.688. The molecule has 0 amide bonds. The summed E-state index contributed by atoms with van der Waals surface area (Å²) in [7, 11) is 0. The van der Waals surface area contributed by atoms with Crippen LogP contribution in [0.3, 0.4) is 0 Å². The third-order valence-electron chi connectivity index (χ3n) is 2.46. The molecule has 0 saturated carbocycles. The van der Waals surface area contributed by atoms with Gasteiger partial charge < -0.3 is 9.94 Å². The van der Waals surface area contributed by atoms with Crippen LogP contribution in [0.25, 0.3) is 0 Å². The van der Waals surface area contributed by atoms with Gasteiger partial charge in [-0.2, -0.15) is 0 Å². The van der Waals surface area contributed by atoms with Crippen LogP contribution in [0.15, 0.2) is 47.8 Å². The summed E-state index contributed by atoms with van der Waals surface area (Å²) in [5.41, 5.74) is 2.29. The zero-order chi connectivity index (χ0) is 13.7. The lowest BCUT2D eigenvalue weighted by Gasteiger charge is -2.02. The highest BCUT2D eigenvalue weighted by molar-refractivity contribution is 6.30. The Bertz CT molecular complexity index is 565. The first-order valence-electron chi connectivity index (χ1n) is 5.71. The van der Waals surface area contributed by atoms with Gasteiger partial charge in [0.05, 0.1) is 11.9 Å². The van der Waals surface area contributed by atoms with Crippen molar-refractivity contribution in [3.05, 3.63) is 58.9 Å². The van der Waals surface area contributed by atoms with Crippen molar-refractivity contribution in [1.82, 2.24) is 4.98 Å². The van der Waals surface area contributed by atoms with Crippen LogP contribution in [0.2, 0.25) is 5.02 Å². The fourth-order valence-corrected chi connectivity index (χ4v) is 1.56. The topological polar surface area (TPSA) is 54.7 Å². The molecule has 0 aliphatic carbocycles. The zero-order valence-electron chi connectivity index (χ0n) is 10.4. The van der Waals surface area contributed by atoms with Crippen molar-refractivity contribution in [3.63, 3.8) is 0 Å². The van der Waals surface area contributed by atoms with E-state index in [0.29, 0.717) is 23.0 Å². The van der Waals surface area contributed by atoms with Crippen molar-refractivity contribution in [2.45, 2.75) is 13.5 Å². The molecule has 0 radical (unpaired) electrons. The van der Waals surface area contributed by atoms with Gasteiger partial charge in [0.2, 0.25) is 0 Å². The first kappa shape index (κ1) is 13.4. The Balaban J connectivity index is 1.95. The van der Waals surface area contributed by atoms with E-state index in [-0.39, 0.29) is 5.75 Å². The van der Waals surface area contributed by atoms with Crippen LogP contribution < -0.4 is 0 Å². The Morgan fingerprint density at radius 3 is 2.63 bits per heavy atom. The molecule has 1 aromatic heterocycles. The van der Waals surface area contributed by atoms with Crippen LogP contribution in [-0.2, 0) is 11.4 Å². The Kier molecular flexibility index (Phi) is 4.36. The van der Waals surface area contributed by atoms with E-state index in [1.165, 1.54) is 6.20 Å². The average molecular weight is 277 g/mol. The monoisotopic (exact) mass is 276 g/mol. The van der Waals surface area contributed by atoms with Gasteiger partial charge in [-0.15, -0.1) is 0 Å². The molecule has 5 heteroatoms. The molecule has 1 N–H and O–H groups in total. The summed E-state index contributed by atoms with van der Waals surface area (Å²) in [5, 5.41) is 13.8. The minimum atomic E-state index is 0.124. The summed E-state index contributed by atoms with van der Waals surface area (Å²) in [6.45, 7) is 2.16. The third kappa shape index (κ3) is 3.96. The maximum atomic E-state index is 9.14. The van der Waals surface area contributed by atoms with Crippen LogP contribution in [0.1, 0.15) is 18.2 Å². The summed E-state index contributed by atoms with van der Waals surface area (Å²) < 4.78 is 0.